The van der Waals surface area contributed by atoms with Gasteiger partial charge in [-0.3, -0.25) is 9.67 Å². The lowest BCUT2D eigenvalue weighted by Gasteiger charge is -2.07. The molecule has 0 bridgehead atoms. The number of H-pyrrole nitrogens is 1. The molecule has 2 heterocycles. The zero-order chi connectivity index (χ0) is 13.2. The van der Waals surface area contributed by atoms with Gasteiger partial charge in [0, 0.05) is 31.0 Å². The Hall–Kier alpha value is -2.14. The largest absolute Gasteiger partial charge is 0.354 e. The summed E-state index contributed by atoms with van der Waals surface area (Å²) in [5.74, 6) is 0.915. The molecule has 19 heavy (non-hydrogen) atoms. The summed E-state index contributed by atoms with van der Waals surface area (Å²) >= 11 is 5.32. The maximum Gasteiger partial charge on any atom is 0.199 e. The van der Waals surface area contributed by atoms with Gasteiger partial charge in [-0.2, -0.15) is 5.10 Å². The van der Waals surface area contributed by atoms with Crippen molar-refractivity contribution in [3.63, 3.8) is 0 Å². The van der Waals surface area contributed by atoms with Crippen LogP contribution in [0.4, 0.5) is 0 Å². The fourth-order valence-corrected chi connectivity index (χ4v) is 2.39. The molecular formula is C14H14N4S. The Bertz CT molecular complexity index is 736. The van der Waals surface area contributed by atoms with Crippen LogP contribution in [0.1, 0.15) is 11.5 Å². The Labute approximate surface area is 116 Å². The summed E-state index contributed by atoms with van der Waals surface area (Å²) in [7, 11) is 2.03. The highest BCUT2D eigenvalue weighted by molar-refractivity contribution is 7.71. The molecule has 0 aliphatic heterocycles. The molecule has 96 valence electrons. The SMILES string of the molecule is Cn1cccc1Cc1n[nH]c(=S)n1-c1ccccc1. The zero-order valence-corrected chi connectivity index (χ0v) is 11.4. The monoisotopic (exact) mass is 270 g/mol. The number of aryl methyl sites for hydroxylation is 1. The highest BCUT2D eigenvalue weighted by Gasteiger charge is 2.10. The second kappa shape index (κ2) is 4.85. The number of nitrogens with zero attached hydrogens (tertiary/aromatic N) is 3. The number of rotatable bonds is 3. The predicted molar refractivity (Wildman–Crippen MR) is 77.0 cm³/mol. The van der Waals surface area contributed by atoms with E-state index in [2.05, 4.69) is 20.8 Å². The van der Waals surface area contributed by atoms with E-state index in [1.807, 2.05) is 54.2 Å². The van der Waals surface area contributed by atoms with E-state index in [-0.39, 0.29) is 0 Å². The van der Waals surface area contributed by atoms with Crippen molar-refractivity contribution in [2.45, 2.75) is 6.42 Å². The van der Waals surface area contributed by atoms with E-state index in [4.69, 9.17) is 12.2 Å². The van der Waals surface area contributed by atoms with E-state index >= 15 is 0 Å². The molecule has 0 aliphatic rings. The van der Waals surface area contributed by atoms with Crippen LogP contribution in [-0.4, -0.2) is 19.3 Å². The molecule has 4 nitrogen and oxygen atoms in total. The molecule has 2 aromatic heterocycles. The molecule has 0 aliphatic carbocycles. The van der Waals surface area contributed by atoms with Gasteiger partial charge in [-0.15, -0.1) is 0 Å². The molecule has 0 amide bonds. The quantitative estimate of drug-likeness (QED) is 0.743. The van der Waals surface area contributed by atoms with E-state index in [0.29, 0.717) is 4.77 Å². The van der Waals surface area contributed by atoms with E-state index in [9.17, 15) is 0 Å². The number of hydrogen-bond donors (Lipinski definition) is 1. The normalized spacial score (nSPS) is 10.8. The van der Waals surface area contributed by atoms with Gasteiger partial charge in [-0.1, -0.05) is 18.2 Å². The van der Waals surface area contributed by atoms with Gasteiger partial charge >= 0.3 is 0 Å². The number of aromatic nitrogens is 4. The van der Waals surface area contributed by atoms with Gasteiger partial charge < -0.3 is 4.57 Å². The van der Waals surface area contributed by atoms with Crippen LogP contribution < -0.4 is 0 Å². The first-order valence-electron chi connectivity index (χ1n) is 6.07. The molecule has 0 unspecified atom stereocenters. The van der Waals surface area contributed by atoms with Crippen LogP contribution in [0.3, 0.4) is 0 Å². The van der Waals surface area contributed by atoms with Gasteiger partial charge in [0.05, 0.1) is 0 Å². The van der Waals surface area contributed by atoms with Crippen molar-refractivity contribution in [1.29, 1.82) is 0 Å². The lowest BCUT2D eigenvalue weighted by atomic mass is 10.2. The lowest BCUT2D eigenvalue weighted by Crippen LogP contribution is -2.05. The summed E-state index contributed by atoms with van der Waals surface area (Å²) in [5, 5.41) is 7.21. The summed E-state index contributed by atoms with van der Waals surface area (Å²) in [4.78, 5) is 0. The summed E-state index contributed by atoms with van der Waals surface area (Å²) < 4.78 is 4.69. The Morgan fingerprint density at radius 3 is 2.63 bits per heavy atom. The van der Waals surface area contributed by atoms with Crippen LogP contribution in [0, 0.1) is 4.77 Å². The van der Waals surface area contributed by atoms with Crippen molar-refractivity contribution < 1.29 is 0 Å². The average molecular weight is 270 g/mol. The van der Waals surface area contributed by atoms with Gasteiger partial charge in [0.25, 0.3) is 0 Å². The lowest BCUT2D eigenvalue weighted by molar-refractivity contribution is 0.806. The molecule has 0 fully saturated rings. The van der Waals surface area contributed by atoms with Crippen LogP contribution in [0.2, 0.25) is 0 Å². The molecule has 0 saturated carbocycles. The zero-order valence-electron chi connectivity index (χ0n) is 10.6. The minimum atomic E-state index is 0.621. The average Bonchev–Trinajstić information content (AvgIpc) is 2.98. The van der Waals surface area contributed by atoms with Crippen molar-refractivity contribution in [1.82, 2.24) is 19.3 Å². The van der Waals surface area contributed by atoms with E-state index in [0.717, 1.165) is 17.9 Å². The van der Waals surface area contributed by atoms with E-state index in [1.54, 1.807) is 0 Å². The Morgan fingerprint density at radius 2 is 1.95 bits per heavy atom. The molecule has 0 radical (unpaired) electrons. The van der Waals surface area contributed by atoms with E-state index < -0.39 is 0 Å². The maximum absolute atomic E-state index is 5.32. The van der Waals surface area contributed by atoms with Crippen LogP contribution in [-0.2, 0) is 13.5 Å². The minimum Gasteiger partial charge on any atom is -0.354 e. The first kappa shape index (κ1) is 11.9. The summed E-state index contributed by atoms with van der Waals surface area (Å²) in [6.45, 7) is 0. The van der Waals surface area contributed by atoms with Gasteiger partial charge in [0.15, 0.2) is 4.77 Å². The van der Waals surface area contributed by atoms with Gasteiger partial charge in [-0.05, 0) is 36.5 Å². The smallest absolute Gasteiger partial charge is 0.199 e. The fourth-order valence-electron chi connectivity index (χ4n) is 2.13. The van der Waals surface area contributed by atoms with Crippen molar-refractivity contribution in [3.05, 3.63) is 65.0 Å². The van der Waals surface area contributed by atoms with E-state index in [1.165, 1.54) is 5.69 Å². The second-order valence-corrected chi connectivity index (χ2v) is 4.79. The fraction of sp³-hybridized carbons (Fsp3) is 0.143. The standard InChI is InChI=1S/C14H14N4S/c1-17-9-5-8-12(17)10-13-15-16-14(19)18(13)11-6-3-2-4-7-11/h2-9H,10H2,1H3,(H,16,19). The highest BCUT2D eigenvalue weighted by Crippen LogP contribution is 2.14. The van der Waals surface area contributed by atoms with Crippen LogP contribution in [0.5, 0.6) is 0 Å². The highest BCUT2D eigenvalue weighted by atomic mass is 32.1. The maximum atomic E-state index is 5.32. The molecule has 0 atom stereocenters. The number of para-hydroxylation sites is 1. The van der Waals surface area contributed by atoms with Crippen LogP contribution in [0.25, 0.3) is 5.69 Å². The molecular weight excluding hydrogens is 256 g/mol. The Morgan fingerprint density at radius 1 is 1.16 bits per heavy atom. The second-order valence-electron chi connectivity index (χ2n) is 4.40. The Balaban J connectivity index is 2.05. The first-order chi connectivity index (χ1) is 9.25. The van der Waals surface area contributed by atoms with Crippen molar-refractivity contribution in [2.24, 2.45) is 7.05 Å². The first-order valence-corrected chi connectivity index (χ1v) is 6.48. The van der Waals surface area contributed by atoms with Crippen LogP contribution in [0.15, 0.2) is 48.7 Å². The minimum absolute atomic E-state index is 0.621. The molecule has 0 spiro atoms. The molecule has 0 saturated heterocycles. The third-order valence-electron chi connectivity index (χ3n) is 3.15. The molecule has 1 aromatic carbocycles. The Kier molecular flexibility index (Phi) is 3.05. The molecule has 1 N–H and O–H groups in total. The summed E-state index contributed by atoms with van der Waals surface area (Å²) in [6.07, 6.45) is 2.77. The third-order valence-corrected chi connectivity index (χ3v) is 3.42. The topological polar surface area (TPSA) is 38.5 Å². The van der Waals surface area contributed by atoms with Crippen LogP contribution >= 0.6 is 12.2 Å². The predicted octanol–water partition coefficient (Wildman–Crippen LogP) is 2.86. The summed E-state index contributed by atoms with van der Waals surface area (Å²) in [6, 6.07) is 14.2. The number of hydrogen-bond acceptors (Lipinski definition) is 2. The van der Waals surface area contributed by atoms with Crippen molar-refractivity contribution in [3.8, 4) is 5.69 Å². The number of benzene rings is 1. The van der Waals surface area contributed by atoms with Gasteiger partial charge in [0.1, 0.15) is 5.82 Å². The van der Waals surface area contributed by atoms with Gasteiger partial charge in [-0.25, -0.2) is 0 Å². The molecule has 3 rings (SSSR count). The van der Waals surface area contributed by atoms with Gasteiger partial charge in [0.2, 0.25) is 0 Å². The van der Waals surface area contributed by atoms with Crippen molar-refractivity contribution in [2.75, 3.05) is 0 Å². The number of aromatic amines is 1. The molecule has 5 heteroatoms. The molecule has 3 aromatic rings. The summed E-state index contributed by atoms with van der Waals surface area (Å²) in [5.41, 5.74) is 2.23. The number of nitrogens with one attached hydrogen (secondary N) is 1. The third kappa shape index (κ3) is 2.24. The van der Waals surface area contributed by atoms with Crippen molar-refractivity contribution >= 4 is 12.2 Å².